The first kappa shape index (κ1) is 13.5. The van der Waals surface area contributed by atoms with Crippen molar-refractivity contribution in [2.45, 2.75) is 32.0 Å². The van der Waals surface area contributed by atoms with Crippen LogP contribution in [0.15, 0.2) is 24.4 Å². The van der Waals surface area contributed by atoms with Crippen LogP contribution in [0.5, 0.6) is 0 Å². The van der Waals surface area contributed by atoms with Gasteiger partial charge in [0.15, 0.2) is 0 Å². The maximum absolute atomic E-state index is 5.85. The Hall–Kier alpha value is -0.970. The van der Waals surface area contributed by atoms with Gasteiger partial charge in [-0.1, -0.05) is 6.07 Å². The van der Waals surface area contributed by atoms with E-state index in [2.05, 4.69) is 41.7 Å². The van der Waals surface area contributed by atoms with Crippen LogP contribution in [0.4, 0.5) is 0 Å². The standard InChI is InChI=1S/C14H24N4/c1-14(2)11-17(3)13(8-15)10-18(14)9-12-6-4-5-7-16-12/h4-7,13H,8-11,15H2,1-3H3. The number of pyridine rings is 1. The summed E-state index contributed by atoms with van der Waals surface area (Å²) in [6.45, 7) is 8.25. The first-order chi connectivity index (χ1) is 8.53. The summed E-state index contributed by atoms with van der Waals surface area (Å²) in [6, 6.07) is 6.54. The molecule has 0 saturated carbocycles. The number of rotatable bonds is 3. The Labute approximate surface area is 110 Å². The highest BCUT2D eigenvalue weighted by molar-refractivity contribution is 5.05. The maximum Gasteiger partial charge on any atom is 0.0544 e. The Balaban J connectivity index is 2.10. The smallest absolute Gasteiger partial charge is 0.0544 e. The number of aromatic nitrogens is 1. The normalized spacial score (nSPS) is 25.2. The molecule has 0 radical (unpaired) electrons. The molecular weight excluding hydrogens is 224 g/mol. The molecule has 1 aromatic heterocycles. The third kappa shape index (κ3) is 2.88. The fourth-order valence-electron chi connectivity index (χ4n) is 2.70. The lowest BCUT2D eigenvalue weighted by Crippen LogP contribution is -2.63. The largest absolute Gasteiger partial charge is 0.329 e. The van der Waals surface area contributed by atoms with E-state index < -0.39 is 0 Å². The van der Waals surface area contributed by atoms with E-state index in [-0.39, 0.29) is 5.54 Å². The van der Waals surface area contributed by atoms with Gasteiger partial charge in [0.2, 0.25) is 0 Å². The summed E-state index contributed by atoms with van der Waals surface area (Å²) < 4.78 is 0. The number of likely N-dealkylation sites (N-methyl/N-ethyl adjacent to an activating group) is 1. The van der Waals surface area contributed by atoms with Gasteiger partial charge < -0.3 is 5.73 Å². The molecule has 1 fully saturated rings. The molecule has 2 rings (SSSR count). The first-order valence-electron chi connectivity index (χ1n) is 6.58. The predicted octanol–water partition coefficient (Wildman–Crippen LogP) is 0.935. The lowest BCUT2D eigenvalue weighted by molar-refractivity contribution is -0.00831. The molecule has 0 aromatic carbocycles. The second kappa shape index (κ2) is 5.34. The van der Waals surface area contributed by atoms with Gasteiger partial charge in [0.25, 0.3) is 0 Å². The molecule has 18 heavy (non-hydrogen) atoms. The number of nitrogens with two attached hydrogens (primary N) is 1. The van der Waals surface area contributed by atoms with Crippen molar-refractivity contribution in [2.24, 2.45) is 5.73 Å². The van der Waals surface area contributed by atoms with Gasteiger partial charge in [-0.2, -0.15) is 0 Å². The molecule has 1 aliphatic rings. The van der Waals surface area contributed by atoms with E-state index in [1.807, 2.05) is 18.3 Å². The number of nitrogens with zero attached hydrogens (tertiary/aromatic N) is 3. The highest BCUT2D eigenvalue weighted by Crippen LogP contribution is 2.24. The molecular formula is C14H24N4. The van der Waals surface area contributed by atoms with Crippen molar-refractivity contribution in [3.8, 4) is 0 Å². The van der Waals surface area contributed by atoms with Crippen LogP contribution in [0, 0.1) is 0 Å². The van der Waals surface area contributed by atoms with Crippen molar-refractivity contribution in [1.29, 1.82) is 0 Å². The zero-order valence-electron chi connectivity index (χ0n) is 11.6. The van der Waals surface area contributed by atoms with E-state index in [0.29, 0.717) is 12.6 Å². The Kier molecular flexibility index (Phi) is 4.00. The molecule has 2 N–H and O–H groups in total. The van der Waals surface area contributed by atoms with Crippen LogP contribution in [0.1, 0.15) is 19.5 Å². The zero-order valence-corrected chi connectivity index (χ0v) is 11.6. The minimum Gasteiger partial charge on any atom is -0.329 e. The van der Waals surface area contributed by atoms with Crippen molar-refractivity contribution in [3.63, 3.8) is 0 Å². The van der Waals surface area contributed by atoms with Crippen LogP contribution in [0.25, 0.3) is 0 Å². The van der Waals surface area contributed by atoms with Crippen LogP contribution >= 0.6 is 0 Å². The van der Waals surface area contributed by atoms with E-state index in [0.717, 1.165) is 25.3 Å². The molecule has 4 nitrogen and oxygen atoms in total. The quantitative estimate of drug-likeness (QED) is 0.864. The Morgan fingerprint density at radius 1 is 1.44 bits per heavy atom. The SMILES string of the molecule is CN1CC(C)(C)N(Cc2ccccn2)CC1CN. The van der Waals surface area contributed by atoms with Crippen molar-refractivity contribution in [2.75, 3.05) is 26.7 Å². The van der Waals surface area contributed by atoms with Crippen LogP contribution < -0.4 is 5.73 Å². The van der Waals surface area contributed by atoms with Crippen molar-refractivity contribution in [3.05, 3.63) is 30.1 Å². The molecule has 2 heterocycles. The Bertz CT molecular complexity index is 377. The van der Waals surface area contributed by atoms with E-state index in [9.17, 15) is 0 Å². The van der Waals surface area contributed by atoms with E-state index >= 15 is 0 Å². The molecule has 0 amide bonds. The lowest BCUT2D eigenvalue weighted by atomic mass is 9.95. The lowest BCUT2D eigenvalue weighted by Gasteiger charge is -2.49. The molecule has 1 aromatic rings. The van der Waals surface area contributed by atoms with Gasteiger partial charge in [-0.15, -0.1) is 0 Å². The average Bonchev–Trinajstić information content (AvgIpc) is 2.33. The maximum atomic E-state index is 5.85. The van der Waals surface area contributed by atoms with Gasteiger partial charge in [-0.05, 0) is 33.0 Å². The number of hydrogen-bond acceptors (Lipinski definition) is 4. The van der Waals surface area contributed by atoms with Crippen molar-refractivity contribution >= 4 is 0 Å². The van der Waals surface area contributed by atoms with Gasteiger partial charge in [-0.3, -0.25) is 14.8 Å². The summed E-state index contributed by atoms with van der Waals surface area (Å²) >= 11 is 0. The number of hydrogen-bond donors (Lipinski definition) is 1. The molecule has 1 aliphatic heterocycles. The predicted molar refractivity (Wildman–Crippen MR) is 74.2 cm³/mol. The third-order valence-electron chi connectivity index (χ3n) is 3.90. The van der Waals surface area contributed by atoms with Crippen LogP contribution in [0.2, 0.25) is 0 Å². The fourth-order valence-corrected chi connectivity index (χ4v) is 2.70. The summed E-state index contributed by atoms with van der Waals surface area (Å²) in [5, 5.41) is 0. The minimum atomic E-state index is 0.165. The van der Waals surface area contributed by atoms with Crippen LogP contribution in [0.3, 0.4) is 0 Å². The molecule has 1 atom stereocenters. The van der Waals surface area contributed by atoms with Crippen LogP contribution in [-0.4, -0.2) is 53.0 Å². The van der Waals surface area contributed by atoms with E-state index in [4.69, 9.17) is 5.73 Å². The first-order valence-corrected chi connectivity index (χ1v) is 6.58. The highest BCUT2D eigenvalue weighted by atomic mass is 15.3. The summed E-state index contributed by atoms with van der Waals surface area (Å²) in [6.07, 6.45) is 1.86. The third-order valence-corrected chi connectivity index (χ3v) is 3.90. The Morgan fingerprint density at radius 2 is 2.22 bits per heavy atom. The molecule has 0 spiro atoms. The van der Waals surface area contributed by atoms with Gasteiger partial charge in [0, 0.05) is 44.0 Å². The van der Waals surface area contributed by atoms with Gasteiger partial charge >= 0.3 is 0 Å². The molecule has 4 heteroatoms. The molecule has 0 bridgehead atoms. The van der Waals surface area contributed by atoms with E-state index in [1.54, 1.807) is 0 Å². The van der Waals surface area contributed by atoms with Crippen LogP contribution in [-0.2, 0) is 6.54 Å². The molecule has 100 valence electrons. The number of piperazine rings is 1. The fraction of sp³-hybridized carbons (Fsp3) is 0.643. The summed E-state index contributed by atoms with van der Waals surface area (Å²) in [5.74, 6) is 0. The summed E-state index contributed by atoms with van der Waals surface area (Å²) in [4.78, 5) is 9.28. The Morgan fingerprint density at radius 3 is 2.83 bits per heavy atom. The monoisotopic (exact) mass is 248 g/mol. The van der Waals surface area contributed by atoms with Crippen molar-refractivity contribution < 1.29 is 0 Å². The second-order valence-electron chi connectivity index (χ2n) is 5.82. The highest BCUT2D eigenvalue weighted by Gasteiger charge is 2.36. The topological polar surface area (TPSA) is 45.4 Å². The van der Waals surface area contributed by atoms with Gasteiger partial charge in [0.05, 0.1) is 5.69 Å². The summed E-state index contributed by atoms with van der Waals surface area (Å²) in [7, 11) is 2.16. The van der Waals surface area contributed by atoms with Gasteiger partial charge in [0.1, 0.15) is 0 Å². The van der Waals surface area contributed by atoms with Gasteiger partial charge in [-0.25, -0.2) is 0 Å². The van der Waals surface area contributed by atoms with Crippen molar-refractivity contribution in [1.82, 2.24) is 14.8 Å². The van der Waals surface area contributed by atoms with E-state index in [1.165, 1.54) is 0 Å². The molecule has 1 unspecified atom stereocenters. The molecule has 1 saturated heterocycles. The zero-order chi connectivity index (χ0) is 13.2. The molecule has 0 aliphatic carbocycles. The average molecular weight is 248 g/mol. The second-order valence-corrected chi connectivity index (χ2v) is 5.82. The summed E-state index contributed by atoms with van der Waals surface area (Å²) in [5.41, 5.74) is 7.15. The minimum absolute atomic E-state index is 0.165.